The summed E-state index contributed by atoms with van der Waals surface area (Å²) in [5.41, 5.74) is -1.30. The molecule has 1 atom stereocenters. The molecular formula is C15H20F3NO2. The summed E-state index contributed by atoms with van der Waals surface area (Å²) >= 11 is 0. The standard InChI is InChI=1S/C15H20F3NO2/c1-2-5-11(8-9-20)10-19-14(21)12-6-3-4-7-13(12)15(16,17)18/h3-4,6-7,11,20H,2,5,8-10H2,1H3,(H,19,21). The number of hydrogen-bond acceptors (Lipinski definition) is 2. The Morgan fingerprint density at radius 1 is 1.29 bits per heavy atom. The van der Waals surface area contributed by atoms with Gasteiger partial charge in [0.05, 0.1) is 11.1 Å². The SMILES string of the molecule is CCCC(CCO)CNC(=O)c1ccccc1C(F)(F)F. The zero-order chi connectivity index (χ0) is 15.9. The monoisotopic (exact) mass is 303 g/mol. The first-order valence-electron chi connectivity index (χ1n) is 6.95. The first-order valence-corrected chi connectivity index (χ1v) is 6.95. The van der Waals surface area contributed by atoms with E-state index in [2.05, 4.69) is 5.32 Å². The predicted molar refractivity (Wildman–Crippen MR) is 73.9 cm³/mol. The van der Waals surface area contributed by atoms with Crippen LogP contribution in [0.25, 0.3) is 0 Å². The van der Waals surface area contributed by atoms with Crippen molar-refractivity contribution in [1.29, 1.82) is 0 Å². The Bertz CT molecular complexity index is 454. The number of aliphatic hydroxyl groups excluding tert-OH is 1. The van der Waals surface area contributed by atoms with Crippen molar-refractivity contribution in [3.63, 3.8) is 0 Å². The number of rotatable bonds is 7. The van der Waals surface area contributed by atoms with E-state index in [-0.39, 0.29) is 24.6 Å². The number of alkyl halides is 3. The van der Waals surface area contributed by atoms with Crippen LogP contribution in [0.4, 0.5) is 13.2 Å². The highest BCUT2D eigenvalue weighted by molar-refractivity contribution is 5.95. The van der Waals surface area contributed by atoms with Crippen molar-refractivity contribution in [2.75, 3.05) is 13.2 Å². The molecule has 1 rings (SSSR count). The molecule has 21 heavy (non-hydrogen) atoms. The minimum Gasteiger partial charge on any atom is -0.396 e. The number of benzene rings is 1. The zero-order valence-electron chi connectivity index (χ0n) is 11.9. The second kappa shape index (κ2) is 8.02. The molecule has 0 radical (unpaired) electrons. The van der Waals surface area contributed by atoms with E-state index in [1.54, 1.807) is 0 Å². The van der Waals surface area contributed by atoms with E-state index in [1.807, 2.05) is 6.92 Å². The summed E-state index contributed by atoms with van der Waals surface area (Å²) in [5, 5.41) is 11.5. The van der Waals surface area contributed by atoms with E-state index in [4.69, 9.17) is 5.11 Å². The molecule has 1 aromatic rings. The van der Waals surface area contributed by atoms with E-state index in [9.17, 15) is 18.0 Å². The number of hydrogen-bond donors (Lipinski definition) is 2. The molecule has 1 amide bonds. The Morgan fingerprint density at radius 3 is 2.52 bits per heavy atom. The van der Waals surface area contributed by atoms with Gasteiger partial charge in [0.2, 0.25) is 0 Å². The molecule has 0 aliphatic rings. The van der Waals surface area contributed by atoms with Crippen LogP contribution in [-0.4, -0.2) is 24.2 Å². The Morgan fingerprint density at radius 2 is 1.95 bits per heavy atom. The number of carbonyl (C=O) groups is 1. The van der Waals surface area contributed by atoms with E-state index in [0.717, 1.165) is 18.9 Å². The molecule has 0 spiro atoms. The van der Waals surface area contributed by atoms with Crippen molar-refractivity contribution in [2.45, 2.75) is 32.4 Å². The molecule has 0 aliphatic carbocycles. The van der Waals surface area contributed by atoms with Crippen molar-refractivity contribution in [2.24, 2.45) is 5.92 Å². The lowest BCUT2D eigenvalue weighted by Gasteiger charge is -2.17. The number of aliphatic hydroxyl groups is 1. The van der Waals surface area contributed by atoms with Gasteiger partial charge in [0, 0.05) is 13.2 Å². The number of carbonyl (C=O) groups excluding carboxylic acids is 1. The molecule has 0 heterocycles. The van der Waals surface area contributed by atoms with Crippen LogP contribution in [-0.2, 0) is 6.18 Å². The highest BCUT2D eigenvalue weighted by atomic mass is 19.4. The third-order valence-electron chi connectivity index (χ3n) is 3.26. The Balaban J connectivity index is 2.76. The van der Waals surface area contributed by atoms with Gasteiger partial charge in [-0.05, 0) is 30.9 Å². The topological polar surface area (TPSA) is 49.3 Å². The average Bonchev–Trinajstić information content (AvgIpc) is 2.44. The van der Waals surface area contributed by atoms with Gasteiger partial charge in [-0.25, -0.2) is 0 Å². The van der Waals surface area contributed by atoms with Crippen molar-refractivity contribution in [1.82, 2.24) is 5.32 Å². The van der Waals surface area contributed by atoms with Crippen LogP contribution in [0.2, 0.25) is 0 Å². The minimum atomic E-state index is -4.55. The van der Waals surface area contributed by atoms with Crippen molar-refractivity contribution < 1.29 is 23.1 Å². The van der Waals surface area contributed by atoms with Crippen molar-refractivity contribution in [3.05, 3.63) is 35.4 Å². The maximum atomic E-state index is 12.8. The summed E-state index contributed by atoms with van der Waals surface area (Å²) in [6.45, 7) is 2.24. The van der Waals surface area contributed by atoms with Gasteiger partial charge in [-0.1, -0.05) is 25.5 Å². The fourth-order valence-corrected chi connectivity index (χ4v) is 2.20. The molecule has 6 heteroatoms. The fourth-order valence-electron chi connectivity index (χ4n) is 2.20. The van der Waals surface area contributed by atoms with Crippen LogP contribution < -0.4 is 5.32 Å². The van der Waals surface area contributed by atoms with Crippen LogP contribution in [0, 0.1) is 5.92 Å². The largest absolute Gasteiger partial charge is 0.417 e. The first-order chi connectivity index (χ1) is 9.90. The molecule has 0 saturated heterocycles. The van der Waals surface area contributed by atoms with Crippen LogP contribution in [0.15, 0.2) is 24.3 Å². The van der Waals surface area contributed by atoms with Gasteiger partial charge >= 0.3 is 6.18 Å². The maximum absolute atomic E-state index is 12.8. The summed E-state index contributed by atoms with van der Waals surface area (Å²) < 4.78 is 38.5. The maximum Gasteiger partial charge on any atom is 0.417 e. The van der Waals surface area contributed by atoms with Crippen LogP contribution in [0.1, 0.15) is 42.1 Å². The molecule has 2 N–H and O–H groups in total. The van der Waals surface area contributed by atoms with Gasteiger partial charge in [-0.2, -0.15) is 13.2 Å². The highest BCUT2D eigenvalue weighted by Crippen LogP contribution is 2.31. The van der Waals surface area contributed by atoms with Gasteiger partial charge in [-0.15, -0.1) is 0 Å². The van der Waals surface area contributed by atoms with E-state index in [0.29, 0.717) is 6.42 Å². The number of amides is 1. The minimum absolute atomic E-state index is 0.000322. The van der Waals surface area contributed by atoms with Crippen LogP contribution in [0.3, 0.4) is 0 Å². The molecule has 1 aromatic carbocycles. The van der Waals surface area contributed by atoms with Crippen LogP contribution >= 0.6 is 0 Å². The predicted octanol–water partition coefficient (Wildman–Crippen LogP) is 3.23. The zero-order valence-corrected chi connectivity index (χ0v) is 11.9. The Hall–Kier alpha value is -1.56. The summed E-state index contributed by atoms with van der Waals surface area (Å²) in [4.78, 5) is 12.0. The smallest absolute Gasteiger partial charge is 0.396 e. The molecule has 0 bridgehead atoms. The lowest BCUT2D eigenvalue weighted by Crippen LogP contribution is -2.31. The van der Waals surface area contributed by atoms with Gasteiger partial charge in [0.1, 0.15) is 0 Å². The number of halogens is 3. The second-order valence-corrected chi connectivity index (χ2v) is 4.92. The molecular weight excluding hydrogens is 283 g/mol. The lowest BCUT2D eigenvalue weighted by molar-refractivity contribution is -0.137. The fraction of sp³-hybridized carbons (Fsp3) is 0.533. The lowest BCUT2D eigenvalue weighted by atomic mass is 9.99. The molecule has 0 aromatic heterocycles. The summed E-state index contributed by atoms with van der Waals surface area (Å²) in [5.74, 6) is -0.663. The summed E-state index contributed by atoms with van der Waals surface area (Å²) in [6, 6.07) is 4.72. The van der Waals surface area contributed by atoms with E-state index >= 15 is 0 Å². The van der Waals surface area contributed by atoms with E-state index in [1.165, 1.54) is 18.2 Å². The quantitative estimate of drug-likeness (QED) is 0.812. The second-order valence-electron chi connectivity index (χ2n) is 4.92. The Labute approximate surface area is 122 Å². The number of nitrogens with one attached hydrogen (secondary N) is 1. The third kappa shape index (κ3) is 5.38. The Kier molecular flexibility index (Phi) is 6.68. The van der Waals surface area contributed by atoms with Gasteiger partial charge in [0.25, 0.3) is 5.91 Å². The first kappa shape index (κ1) is 17.5. The van der Waals surface area contributed by atoms with Gasteiger partial charge in [-0.3, -0.25) is 4.79 Å². The molecule has 118 valence electrons. The average molecular weight is 303 g/mol. The van der Waals surface area contributed by atoms with Crippen molar-refractivity contribution in [3.8, 4) is 0 Å². The molecule has 0 fully saturated rings. The van der Waals surface area contributed by atoms with Crippen molar-refractivity contribution >= 4 is 5.91 Å². The molecule has 0 saturated carbocycles. The molecule has 1 unspecified atom stereocenters. The van der Waals surface area contributed by atoms with Gasteiger partial charge in [0.15, 0.2) is 0 Å². The highest BCUT2D eigenvalue weighted by Gasteiger charge is 2.34. The van der Waals surface area contributed by atoms with Crippen LogP contribution in [0.5, 0.6) is 0 Å². The van der Waals surface area contributed by atoms with Gasteiger partial charge < -0.3 is 10.4 Å². The summed E-state index contributed by atoms with van der Waals surface area (Å²) in [7, 11) is 0. The third-order valence-corrected chi connectivity index (χ3v) is 3.26. The molecule has 0 aliphatic heterocycles. The normalized spacial score (nSPS) is 13.0. The van der Waals surface area contributed by atoms with E-state index < -0.39 is 17.6 Å². The summed E-state index contributed by atoms with van der Waals surface area (Å²) in [6.07, 6.45) is -2.33. The molecule has 3 nitrogen and oxygen atoms in total.